The quantitative estimate of drug-likeness (QED) is 0.179. The van der Waals surface area contributed by atoms with Gasteiger partial charge in [0, 0.05) is 10.9 Å². The zero-order valence-electron chi connectivity index (χ0n) is 19.9. The van der Waals surface area contributed by atoms with E-state index in [9.17, 15) is 4.79 Å². The third kappa shape index (κ3) is 5.42. The number of halogens is 3. The third-order valence-corrected chi connectivity index (χ3v) is 7.00. The number of ether oxygens (including phenoxy) is 1. The smallest absolute Gasteiger partial charge is 0.282 e. The van der Waals surface area contributed by atoms with Crippen molar-refractivity contribution in [3.8, 4) is 5.75 Å². The molecule has 0 fully saturated rings. The number of aryl methyl sites for hydroxylation is 1. The number of rotatable bonds is 7. The van der Waals surface area contributed by atoms with Gasteiger partial charge in [-0.2, -0.15) is 9.78 Å². The largest absolute Gasteiger partial charge is 0.486 e. The standard InChI is InChI=1S/C29H22BrCl2N3O2/c1-2-6-27-34-26-12-11-21(30)15-23(26)29(36)35(27)33-16-18-13-24(31)28(25(32)14-18)37-17-20-9-5-8-19-7-3-4-10-22(19)20/h3-5,7-16H,2,6,17H2,1H3. The molecule has 0 aliphatic carbocycles. The minimum absolute atomic E-state index is 0.238. The first kappa shape index (κ1) is 25.5. The summed E-state index contributed by atoms with van der Waals surface area (Å²) in [6, 6.07) is 23.1. The zero-order valence-corrected chi connectivity index (χ0v) is 23.0. The predicted molar refractivity (Wildman–Crippen MR) is 155 cm³/mol. The van der Waals surface area contributed by atoms with E-state index in [4.69, 9.17) is 27.9 Å². The average molecular weight is 595 g/mol. The van der Waals surface area contributed by atoms with Crippen molar-refractivity contribution >= 4 is 67.0 Å². The Morgan fingerprint density at radius 2 is 1.76 bits per heavy atom. The van der Waals surface area contributed by atoms with Gasteiger partial charge in [0.1, 0.15) is 12.4 Å². The number of fused-ring (bicyclic) bond motifs is 2. The SMILES string of the molecule is CCCc1nc2ccc(Br)cc2c(=O)n1N=Cc1cc(Cl)c(OCc2cccc3ccccc23)c(Cl)c1. The molecule has 1 heterocycles. The maximum absolute atomic E-state index is 13.2. The molecule has 0 atom stereocenters. The number of aromatic nitrogens is 2. The Morgan fingerprint density at radius 3 is 2.54 bits per heavy atom. The van der Waals surface area contributed by atoms with E-state index in [2.05, 4.69) is 44.2 Å². The molecule has 5 aromatic rings. The van der Waals surface area contributed by atoms with Gasteiger partial charge in [-0.3, -0.25) is 4.79 Å². The van der Waals surface area contributed by atoms with Crippen molar-refractivity contribution in [3.05, 3.63) is 115 Å². The Kier molecular flexibility index (Phi) is 7.60. The van der Waals surface area contributed by atoms with Crippen molar-refractivity contribution in [2.45, 2.75) is 26.4 Å². The fraction of sp³-hybridized carbons (Fsp3) is 0.138. The van der Waals surface area contributed by atoms with Gasteiger partial charge in [-0.15, -0.1) is 0 Å². The van der Waals surface area contributed by atoms with Crippen LogP contribution in [0.2, 0.25) is 10.0 Å². The van der Waals surface area contributed by atoms with Crippen LogP contribution in [0.3, 0.4) is 0 Å². The molecule has 5 rings (SSSR count). The Morgan fingerprint density at radius 1 is 1.00 bits per heavy atom. The monoisotopic (exact) mass is 593 g/mol. The molecule has 0 radical (unpaired) electrons. The molecule has 0 aliphatic rings. The summed E-state index contributed by atoms with van der Waals surface area (Å²) in [5.74, 6) is 0.986. The first-order valence-electron chi connectivity index (χ1n) is 11.8. The molecule has 0 unspecified atom stereocenters. The van der Waals surface area contributed by atoms with Crippen LogP contribution in [-0.2, 0) is 13.0 Å². The lowest BCUT2D eigenvalue weighted by molar-refractivity contribution is 0.308. The van der Waals surface area contributed by atoms with Gasteiger partial charge >= 0.3 is 0 Å². The van der Waals surface area contributed by atoms with Crippen LogP contribution in [0.4, 0.5) is 0 Å². The van der Waals surface area contributed by atoms with Gasteiger partial charge in [0.15, 0.2) is 5.75 Å². The van der Waals surface area contributed by atoms with E-state index in [1.165, 1.54) is 4.68 Å². The van der Waals surface area contributed by atoms with Crippen LogP contribution in [0.5, 0.6) is 5.75 Å². The molecule has 0 saturated carbocycles. The Labute approximate surface area is 232 Å². The molecule has 37 heavy (non-hydrogen) atoms. The number of benzene rings is 4. The number of nitrogens with zero attached hydrogens (tertiary/aromatic N) is 3. The first-order chi connectivity index (χ1) is 17.9. The Bertz CT molecular complexity index is 1690. The molecule has 0 aliphatic heterocycles. The molecule has 1 aromatic heterocycles. The second kappa shape index (κ2) is 11.1. The third-order valence-electron chi connectivity index (χ3n) is 5.94. The van der Waals surface area contributed by atoms with Gasteiger partial charge in [-0.25, -0.2) is 4.98 Å². The second-order valence-corrected chi connectivity index (χ2v) is 10.3. The van der Waals surface area contributed by atoms with E-state index < -0.39 is 0 Å². The molecule has 0 amide bonds. The Balaban J connectivity index is 1.44. The first-order valence-corrected chi connectivity index (χ1v) is 13.3. The summed E-state index contributed by atoms with van der Waals surface area (Å²) >= 11 is 16.5. The summed E-state index contributed by atoms with van der Waals surface area (Å²) in [6.45, 7) is 2.35. The zero-order chi connectivity index (χ0) is 25.9. The van der Waals surface area contributed by atoms with Gasteiger partial charge in [-0.05, 0) is 58.7 Å². The van der Waals surface area contributed by atoms with E-state index >= 15 is 0 Å². The van der Waals surface area contributed by atoms with Crippen LogP contribution in [0, 0.1) is 0 Å². The van der Waals surface area contributed by atoms with Gasteiger partial charge in [0.25, 0.3) is 5.56 Å². The minimum atomic E-state index is -0.238. The van der Waals surface area contributed by atoms with Crippen molar-refractivity contribution in [1.29, 1.82) is 0 Å². The van der Waals surface area contributed by atoms with Crippen molar-refractivity contribution in [2.24, 2.45) is 5.10 Å². The van der Waals surface area contributed by atoms with Crippen LogP contribution >= 0.6 is 39.1 Å². The molecule has 5 nitrogen and oxygen atoms in total. The summed E-state index contributed by atoms with van der Waals surface area (Å²) < 4.78 is 8.17. The maximum Gasteiger partial charge on any atom is 0.282 e. The summed E-state index contributed by atoms with van der Waals surface area (Å²) in [7, 11) is 0. The fourth-order valence-electron chi connectivity index (χ4n) is 4.18. The van der Waals surface area contributed by atoms with Crippen LogP contribution in [0.15, 0.2) is 87.2 Å². The molecule has 0 bridgehead atoms. The topological polar surface area (TPSA) is 56.5 Å². The van der Waals surface area contributed by atoms with Gasteiger partial charge < -0.3 is 4.74 Å². The highest BCUT2D eigenvalue weighted by Gasteiger charge is 2.13. The summed E-state index contributed by atoms with van der Waals surface area (Å²) in [4.78, 5) is 17.9. The van der Waals surface area contributed by atoms with E-state index in [1.54, 1.807) is 24.4 Å². The highest BCUT2D eigenvalue weighted by Crippen LogP contribution is 2.35. The molecular weight excluding hydrogens is 573 g/mol. The van der Waals surface area contributed by atoms with Crippen molar-refractivity contribution in [2.75, 3.05) is 0 Å². The van der Waals surface area contributed by atoms with Gasteiger partial charge in [0.05, 0.1) is 27.2 Å². The van der Waals surface area contributed by atoms with Gasteiger partial charge in [0.2, 0.25) is 0 Å². The fourth-order valence-corrected chi connectivity index (χ4v) is 5.16. The van der Waals surface area contributed by atoms with E-state index in [0.29, 0.717) is 51.1 Å². The number of hydrogen-bond acceptors (Lipinski definition) is 4. The van der Waals surface area contributed by atoms with Crippen LogP contribution in [0.25, 0.3) is 21.7 Å². The molecule has 0 N–H and O–H groups in total. The Hall–Kier alpha value is -3.19. The van der Waals surface area contributed by atoms with Crippen molar-refractivity contribution in [3.63, 3.8) is 0 Å². The lowest BCUT2D eigenvalue weighted by Gasteiger charge is -2.13. The lowest BCUT2D eigenvalue weighted by Crippen LogP contribution is -2.22. The number of hydrogen-bond donors (Lipinski definition) is 0. The van der Waals surface area contributed by atoms with Crippen LogP contribution < -0.4 is 10.3 Å². The second-order valence-electron chi connectivity index (χ2n) is 8.54. The average Bonchev–Trinajstić information content (AvgIpc) is 2.89. The van der Waals surface area contributed by atoms with E-state index in [0.717, 1.165) is 27.2 Å². The predicted octanol–water partition coefficient (Wildman–Crippen LogP) is 8.03. The molecular formula is C29H22BrCl2N3O2. The van der Waals surface area contributed by atoms with Gasteiger partial charge in [-0.1, -0.05) is 88.5 Å². The summed E-state index contributed by atoms with van der Waals surface area (Å²) in [5, 5.41) is 7.91. The van der Waals surface area contributed by atoms with Crippen LogP contribution in [0.1, 0.15) is 30.3 Å². The lowest BCUT2D eigenvalue weighted by atomic mass is 10.1. The van der Waals surface area contributed by atoms with Crippen LogP contribution in [-0.4, -0.2) is 15.9 Å². The molecule has 4 aromatic carbocycles. The maximum atomic E-state index is 13.2. The highest BCUT2D eigenvalue weighted by atomic mass is 79.9. The van der Waals surface area contributed by atoms with Crippen molar-refractivity contribution < 1.29 is 4.74 Å². The normalized spacial score (nSPS) is 11.6. The molecule has 0 spiro atoms. The molecule has 186 valence electrons. The molecule has 8 heteroatoms. The molecule has 0 saturated heterocycles. The summed E-state index contributed by atoms with van der Waals surface area (Å²) in [5.41, 5.74) is 2.07. The minimum Gasteiger partial charge on any atom is -0.486 e. The summed E-state index contributed by atoms with van der Waals surface area (Å²) in [6.07, 6.45) is 2.99. The van der Waals surface area contributed by atoms with E-state index in [1.807, 2.05) is 43.3 Å². The highest BCUT2D eigenvalue weighted by molar-refractivity contribution is 9.10. The van der Waals surface area contributed by atoms with E-state index in [-0.39, 0.29) is 5.56 Å². The van der Waals surface area contributed by atoms with Crippen molar-refractivity contribution in [1.82, 2.24) is 9.66 Å².